The standard InChI is InChI=1S/C20H21N3O3S/c1-12-4-7-15(8-5-12)21-18(24)11-23(3)20(26)14-6-9-17-16(10-14)22-19(25)13(2)27-17/h4-10,13H,11H2,1-3H3,(H,21,24)(H,22,25)/t13-/m1/s1. The van der Waals surface area contributed by atoms with Gasteiger partial charge in [0, 0.05) is 23.2 Å². The molecule has 1 aliphatic rings. The van der Waals surface area contributed by atoms with Gasteiger partial charge in [-0.2, -0.15) is 0 Å². The number of hydrogen-bond acceptors (Lipinski definition) is 4. The van der Waals surface area contributed by atoms with Crippen LogP contribution in [-0.4, -0.2) is 41.5 Å². The molecule has 27 heavy (non-hydrogen) atoms. The molecule has 0 fully saturated rings. The van der Waals surface area contributed by atoms with Crippen LogP contribution < -0.4 is 10.6 Å². The zero-order valence-electron chi connectivity index (χ0n) is 15.4. The first kappa shape index (κ1) is 19.0. The van der Waals surface area contributed by atoms with Gasteiger partial charge in [0.15, 0.2) is 0 Å². The Labute approximate surface area is 162 Å². The summed E-state index contributed by atoms with van der Waals surface area (Å²) in [6.07, 6.45) is 0. The van der Waals surface area contributed by atoms with Crippen molar-refractivity contribution in [2.75, 3.05) is 24.2 Å². The third-order valence-electron chi connectivity index (χ3n) is 4.22. The minimum absolute atomic E-state index is 0.0675. The van der Waals surface area contributed by atoms with Crippen molar-refractivity contribution in [1.82, 2.24) is 4.90 Å². The number of anilines is 2. The molecule has 0 radical (unpaired) electrons. The van der Waals surface area contributed by atoms with E-state index in [1.807, 2.05) is 44.2 Å². The van der Waals surface area contributed by atoms with Gasteiger partial charge in [-0.05, 0) is 44.2 Å². The second-order valence-electron chi connectivity index (χ2n) is 6.54. The molecule has 2 aromatic carbocycles. The summed E-state index contributed by atoms with van der Waals surface area (Å²) in [4.78, 5) is 38.9. The van der Waals surface area contributed by atoms with Crippen molar-refractivity contribution in [2.45, 2.75) is 24.0 Å². The first-order valence-corrected chi connectivity index (χ1v) is 9.45. The summed E-state index contributed by atoms with van der Waals surface area (Å²) in [5.74, 6) is -0.636. The predicted molar refractivity (Wildman–Crippen MR) is 107 cm³/mol. The van der Waals surface area contributed by atoms with Gasteiger partial charge in [-0.25, -0.2) is 0 Å². The van der Waals surface area contributed by atoms with Gasteiger partial charge in [0.05, 0.1) is 17.5 Å². The van der Waals surface area contributed by atoms with Crippen LogP contribution in [-0.2, 0) is 9.59 Å². The number of carbonyl (C=O) groups is 3. The number of aryl methyl sites for hydroxylation is 1. The molecule has 0 spiro atoms. The summed E-state index contributed by atoms with van der Waals surface area (Å²) >= 11 is 1.46. The lowest BCUT2D eigenvalue weighted by molar-refractivity contribution is -0.117. The molecular weight excluding hydrogens is 362 g/mol. The van der Waals surface area contributed by atoms with Crippen molar-refractivity contribution in [3.8, 4) is 0 Å². The van der Waals surface area contributed by atoms with E-state index in [9.17, 15) is 14.4 Å². The second kappa shape index (κ2) is 7.84. The largest absolute Gasteiger partial charge is 0.332 e. The number of rotatable bonds is 4. The van der Waals surface area contributed by atoms with Crippen LogP contribution in [0.5, 0.6) is 0 Å². The highest BCUT2D eigenvalue weighted by Crippen LogP contribution is 2.36. The Morgan fingerprint density at radius 3 is 2.59 bits per heavy atom. The van der Waals surface area contributed by atoms with Gasteiger partial charge in [-0.1, -0.05) is 17.7 Å². The van der Waals surface area contributed by atoms with E-state index in [1.165, 1.54) is 16.7 Å². The lowest BCUT2D eigenvalue weighted by Crippen LogP contribution is -2.35. The van der Waals surface area contributed by atoms with Gasteiger partial charge < -0.3 is 15.5 Å². The van der Waals surface area contributed by atoms with Gasteiger partial charge in [0.25, 0.3) is 5.91 Å². The lowest BCUT2D eigenvalue weighted by Gasteiger charge is -2.23. The van der Waals surface area contributed by atoms with Gasteiger partial charge in [0.1, 0.15) is 0 Å². The molecule has 2 aromatic rings. The number of nitrogens with zero attached hydrogens (tertiary/aromatic N) is 1. The van der Waals surface area contributed by atoms with E-state index < -0.39 is 0 Å². The molecule has 0 saturated carbocycles. The highest BCUT2D eigenvalue weighted by molar-refractivity contribution is 8.00. The third kappa shape index (κ3) is 4.49. The topological polar surface area (TPSA) is 78.5 Å². The Morgan fingerprint density at radius 2 is 1.89 bits per heavy atom. The molecule has 3 rings (SSSR count). The normalized spacial score (nSPS) is 15.5. The van der Waals surface area contributed by atoms with Crippen LogP contribution in [0.1, 0.15) is 22.8 Å². The quantitative estimate of drug-likeness (QED) is 0.850. The van der Waals surface area contributed by atoms with Crippen molar-refractivity contribution < 1.29 is 14.4 Å². The molecule has 7 heteroatoms. The summed E-state index contributed by atoms with van der Waals surface area (Å²) in [7, 11) is 1.58. The first-order chi connectivity index (χ1) is 12.8. The van der Waals surface area contributed by atoms with Crippen LogP contribution in [0.4, 0.5) is 11.4 Å². The minimum atomic E-state index is -0.283. The summed E-state index contributed by atoms with van der Waals surface area (Å²) in [6.45, 7) is 3.74. The maximum atomic E-state index is 12.6. The molecule has 140 valence electrons. The van der Waals surface area contributed by atoms with Crippen molar-refractivity contribution >= 4 is 40.9 Å². The highest BCUT2D eigenvalue weighted by atomic mass is 32.2. The minimum Gasteiger partial charge on any atom is -0.332 e. The Kier molecular flexibility index (Phi) is 5.51. The molecule has 1 aliphatic heterocycles. The number of fused-ring (bicyclic) bond motifs is 1. The molecule has 2 N–H and O–H groups in total. The number of amides is 3. The third-order valence-corrected chi connectivity index (χ3v) is 5.40. The molecule has 3 amide bonds. The first-order valence-electron chi connectivity index (χ1n) is 8.57. The number of thioether (sulfide) groups is 1. The maximum Gasteiger partial charge on any atom is 0.254 e. The smallest absolute Gasteiger partial charge is 0.254 e. The average molecular weight is 383 g/mol. The molecule has 0 saturated heterocycles. The molecule has 0 unspecified atom stereocenters. The van der Waals surface area contributed by atoms with E-state index in [1.54, 1.807) is 19.2 Å². The number of likely N-dealkylation sites (N-methyl/N-ethyl adjacent to an activating group) is 1. The van der Waals surface area contributed by atoms with E-state index in [0.29, 0.717) is 16.9 Å². The van der Waals surface area contributed by atoms with Gasteiger partial charge in [-0.3, -0.25) is 14.4 Å². The van der Waals surface area contributed by atoms with Crippen LogP contribution in [0.15, 0.2) is 47.4 Å². The van der Waals surface area contributed by atoms with Gasteiger partial charge in [0.2, 0.25) is 11.8 Å². The molecular formula is C20H21N3O3S. The van der Waals surface area contributed by atoms with Gasteiger partial charge >= 0.3 is 0 Å². The fourth-order valence-electron chi connectivity index (χ4n) is 2.69. The monoisotopic (exact) mass is 383 g/mol. The highest BCUT2D eigenvalue weighted by Gasteiger charge is 2.24. The Hall–Kier alpha value is -2.80. The summed E-state index contributed by atoms with van der Waals surface area (Å²) in [6, 6.07) is 12.6. The zero-order valence-corrected chi connectivity index (χ0v) is 16.2. The van der Waals surface area contributed by atoms with Crippen LogP contribution in [0.2, 0.25) is 0 Å². The van der Waals surface area contributed by atoms with E-state index in [2.05, 4.69) is 10.6 Å². The number of carbonyl (C=O) groups excluding carboxylic acids is 3. The van der Waals surface area contributed by atoms with Crippen molar-refractivity contribution in [2.24, 2.45) is 0 Å². The van der Waals surface area contributed by atoms with E-state index in [0.717, 1.165) is 10.5 Å². The summed E-state index contributed by atoms with van der Waals surface area (Å²) in [5, 5.41) is 5.43. The molecule has 1 heterocycles. The lowest BCUT2D eigenvalue weighted by atomic mass is 10.1. The predicted octanol–water partition coefficient (Wildman–Crippen LogP) is 3.14. The summed E-state index contributed by atoms with van der Waals surface area (Å²) in [5.41, 5.74) is 2.85. The van der Waals surface area contributed by atoms with Crippen LogP contribution in [0.3, 0.4) is 0 Å². The second-order valence-corrected chi connectivity index (χ2v) is 7.92. The number of benzene rings is 2. The van der Waals surface area contributed by atoms with Crippen LogP contribution in [0, 0.1) is 6.92 Å². The summed E-state index contributed by atoms with van der Waals surface area (Å²) < 4.78 is 0. The number of nitrogens with one attached hydrogen (secondary N) is 2. The Morgan fingerprint density at radius 1 is 1.19 bits per heavy atom. The average Bonchev–Trinajstić information content (AvgIpc) is 2.63. The van der Waals surface area contributed by atoms with E-state index in [-0.39, 0.29) is 29.5 Å². The van der Waals surface area contributed by atoms with Crippen molar-refractivity contribution in [3.05, 3.63) is 53.6 Å². The zero-order chi connectivity index (χ0) is 19.6. The molecule has 6 nitrogen and oxygen atoms in total. The van der Waals surface area contributed by atoms with E-state index >= 15 is 0 Å². The van der Waals surface area contributed by atoms with E-state index in [4.69, 9.17) is 0 Å². The molecule has 0 bridgehead atoms. The van der Waals surface area contributed by atoms with Crippen molar-refractivity contribution in [3.63, 3.8) is 0 Å². The fraction of sp³-hybridized carbons (Fsp3) is 0.250. The van der Waals surface area contributed by atoms with Crippen LogP contribution in [0.25, 0.3) is 0 Å². The van der Waals surface area contributed by atoms with Gasteiger partial charge in [-0.15, -0.1) is 11.8 Å². The van der Waals surface area contributed by atoms with Crippen LogP contribution >= 0.6 is 11.8 Å². The molecule has 0 aromatic heterocycles. The SMILES string of the molecule is Cc1ccc(NC(=O)CN(C)C(=O)c2ccc3c(c2)NC(=O)[C@@H](C)S3)cc1. The molecule has 1 atom stereocenters. The Balaban J connectivity index is 1.65. The fourth-order valence-corrected chi connectivity index (χ4v) is 3.62. The molecule has 0 aliphatic carbocycles. The Bertz CT molecular complexity index is 896. The van der Waals surface area contributed by atoms with Crippen molar-refractivity contribution in [1.29, 1.82) is 0 Å². The number of hydrogen-bond donors (Lipinski definition) is 2. The maximum absolute atomic E-state index is 12.6.